The number of phenolic OH excluding ortho intramolecular Hbond substituents is 1. The quantitative estimate of drug-likeness (QED) is 0.636. The molecule has 0 saturated heterocycles. The minimum Gasteiger partial charge on any atom is -0.507 e. The Hall–Kier alpha value is -2.68. The van der Waals surface area contributed by atoms with Gasteiger partial charge in [-0.2, -0.15) is 0 Å². The summed E-state index contributed by atoms with van der Waals surface area (Å²) in [5.41, 5.74) is 2.55. The summed E-state index contributed by atoms with van der Waals surface area (Å²) in [5.74, 6) is -0.428. The summed E-state index contributed by atoms with van der Waals surface area (Å²) in [5, 5.41) is 9.62. The third-order valence-corrected chi connectivity index (χ3v) is 3.96. The zero-order valence-corrected chi connectivity index (χ0v) is 14.3. The largest absolute Gasteiger partial charge is 0.507 e. The van der Waals surface area contributed by atoms with E-state index in [0.29, 0.717) is 16.7 Å². The Morgan fingerprint density at radius 2 is 1.54 bits per heavy atom. The van der Waals surface area contributed by atoms with E-state index in [9.17, 15) is 14.7 Å². The molecule has 24 heavy (non-hydrogen) atoms. The lowest BCUT2D eigenvalue weighted by Gasteiger charge is -2.18. The second kappa shape index (κ2) is 6.83. The molecular formula is C21H22O3. The van der Waals surface area contributed by atoms with Gasteiger partial charge in [0.2, 0.25) is 0 Å². The van der Waals surface area contributed by atoms with Crippen LogP contribution >= 0.6 is 0 Å². The lowest BCUT2D eigenvalue weighted by atomic mass is 9.86. The van der Waals surface area contributed by atoms with Crippen LogP contribution in [0.2, 0.25) is 0 Å². The lowest BCUT2D eigenvalue weighted by molar-refractivity contribution is 0.0894. The molecule has 0 aliphatic heterocycles. The van der Waals surface area contributed by atoms with Crippen LogP contribution in [-0.4, -0.2) is 16.7 Å². The molecule has 0 bridgehead atoms. The van der Waals surface area contributed by atoms with Gasteiger partial charge in [-0.3, -0.25) is 9.59 Å². The number of Topliss-reactive ketones (excluding diaryl/α,β-unsaturated/α-hetero) is 2. The highest BCUT2D eigenvalue weighted by Crippen LogP contribution is 2.23. The molecular weight excluding hydrogens is 300 g/mol. The number of carbonyl (C=O) groups excluding carboxylic acids is 2. The Kier molecular flexibility index (Phi) is 5.03. The second-order valence-electron chi connectivity index (χ2n) is 6.83. The standard InChI is InChI=1S/C21H22O3/c1-5-14-12-16(8-11-18(14)22)20(24)13-19(23)15-6-9-17(10-7-15)21(2,3)4/h5-12,22H,1,13H2,2-4H3. The first-order valence-corrected chi connectivity index (χ1v) is 7.85. The van der Waals surface area contributed by atoms with Crippen molar-refractivity contribution in [3.05, 3.63) is 71.3 Å². The fraction of sp³-hybridized carbons (Fsp3) is 0.238. The number of hydrogen-bond donors (Lipinski definition) is 1. The van der Waals surface area contributed by atoms with Gasteiger partial charge in [-0.25, -0.2) is 0 Å². The summed E-state index contributed by atoms with van der Waals surface area (Å²) in [7, 11) is 0. The van der Waals surface area contributed by atoms with Crippen LogP contribution in [-0.2, 0) is 5.41 Å². The van der Waals surface area contributed by atoms with Gasteiger partial charge in [0.05, 0.1) is 6.42 Å². The fourth-order valence-corrected chi connectivity index (χ4v) is 2.40. The molecule has 2 aromatic rings. The average molecular weight is 322 g/mol. The van der Waals surface area contributed by atoms with Crippen molar-refractivity contribution in [3.8, 4) is 5.75 Å². The van der Waals surface area contributed by atoms with Gasteiger partial charge in [0.15, 0.2) is 11.6 Å². The van der Waals surface area contributed by atoms with Crippen molar-refractivity contribution in [1.29, 1.82) is 0 Å². The van der Waals surface area contributed by atoms with Crippen LogP contribution in [0.25, 0.3) is 6.08 Å². The molecule has 0 amide bonds. The summed E-state index contributed by atoms with van der Waals surface area (Å²) < 4.78 is 0. The molecule has 2 aromatic carbocycles. The Labute approximate surface area is 142 Å². The van der Waals surface area contributed by atoms with E-state index >= 15 is 0 Å². The van der Waals surface area contributed by atoms with Crippen molar-refractivity contribution in [2.45, 2.75) is 32.6 Å². The topological polar surface area (TPSA) is 54.4 Å². The third kappa shape index (κ3) is 3.99. The molecule has 0 radical (unpaired) electrons. The molecule has 0 saturated carbocycles. The van der Waals surface area contributed by atoms with E-state index < -0.39 is 0 Å². The number of aromatic hydroxyl groups is 1. The molecule has 3 heteroatoms. The SMILES string of the molecule is C=Cc1cc(C(=O)CC(=O)c2ccc(C(C)(C)C)cc2)ccc1O. The van der Waals surface area contributed by atoms with E-state index in [-0.39, 0.29) is 29.2 Å². The molecule has 0 fully saturated rings. The third-order valence-electron chi connectivity index (χ3n) is 3.96. The highest BCUT2D eigenvalue weighted by Gasteiger charge is 2.17. The number of hydrogen-bond acceptors (Lipinski definition) is 3. The van der Waals surface area contributed by atoms with Crippen LogP contribution in [0, 0.1) is 0 Å². The van der Waals surface area contributed by atoms with E-state index in [1.54, 1.807) is 18.2 Å². The number of benzene rings is 2. The Morgan fingerprint density at radius 3 is 2.08 bits per heavy atom. The van der Waals surface area contributed by atoms with Crippen LogP contribution in [0.4, 0.5) is 0 Å². The Bertz CT molecular complexity index is 778. The first kappa shape index (κ1) is 17.7. The van der Waals surface area contributed by atoms with E-state index in [0.717, 1.165) is 5.56 Å². The Balaban J connectivity index is 2.14. The smallest absolute Gasteiger partial charge is 0.170 e. The van der Waals surface area contributed by atoms with E-state index in [2.05, 4.69) is 27.4 Å². The van der Waals surface area contributed by atoms with Gasteiger partial charge in [-0.1, -0.05) is 57.7 Å². The molecule has 0 aliphatic carbocycles. The molecule has 0 unspecified atom stereocenters. The van der Waals surface area contributed by atoms with Crippen molar-refractivity contribution < 1.29 is 14.7 Å². The fourth-order valence-electron chi connectivity index (χ4n) is 2.40. The summed E-state index contributed by atoms with van der Waals surface area (Å²) in [4.78, 5) is 24.6. The minimum atomic E-state index is -0.275. The van der Waals surface area contributed by atoms with Gasteiger partial charge in [0.25, 0.3) is 0 Å². The van der Waals surface area contributed by atoms with Gasteiger partial charge in [-0.05, 0) is 29.2 Å². The zero-order chi connectivity index (χ0) is 17.9. The number of rotatable bonds is 5. The maximum absolute atomic E-state index is 12.3. The van der Waals surface area contributed by atoms with Crippen LogP contribution in [0.5, 0.6) is 5.75 Å². The highest BCUT2D eigenvalue weighted by atomic mass is 16.3. The molecule has 0 atom stereocenters. The van der Waals surface area contributed by atoms with E-state index in [1.165, 1.54) is 18.2 Å². The molecule has 3 nitrogen and oxygen atoms in total. The van der Waals surface area contributed by atoms with Gasteiger partial charge in [-0.15, -0.1) is 0 Å². The van der Waals surface area contributed by atoms with Gasteiger partial charge >= 0.3 is 0 Å². The monoisotopic (exact) mass is 322 g/mol. The predicted molar refractivity (Wildman–Crippen MR) is 96.6 cm³/mol. The maximum atomic E-state index is 12.3. The summed E-state index contributed by atoms with van der Waals surface area (Å²) in [6.45, 7) is 9.91. The van der Waals surface area contributed by atoms with Crippen molar-refractivity contribution in [2.75, 3.05) is 0 Å². The molecule has 0 heterocycles. The maximum Gasteiger partial charge on any atom is 0.170 e. The minimum absolute atomic E-state index is 0.0184. The molecule has 0 aliphatic rings. The van der Waals surface area contributed by atoms with Crippen molar-refractivity contribution in [3.63, 3.8) is 0 Å². The van der Waals surface area contributed by atoms with Crippen LogP contribution in [0.3, 0.4) is 0 Å². The van der Waals surface area contributed by atoms with Gasteiger partial charge < -0.3 is 5.11 Å². The van der Waals surface area contributed by atoms with Crippen molar-refractivity contribution in [2.24, 2.45) is 0 Å². The normalized spacial score (nSPS) is 11.1. The van der Waals surface area contributed by atoms with Gasteiger partial charge in [0.1, 0.15) is 5.75 Å². The lowest BCUT2D eigenvalue weighted by Crippen LogP contribution is -2.12. The van der Waals surface area contributed by atoms with Crippen molar-refractivity contribution >= 4 is 17.6 Å². The first-order chi connectivity index (χ1) is 11.2. The molecule has 0 spiro atoms. The van der Waals surface area contributed by atoms with Crippen LogP contribution in [0.15, 0.2) is 49.0 Å². The molecule has 2 rings (SSSR count). The van der Waals surface area contributed by atoms with Crippen molar-refractivity contribution in [1.82, 2.24) is 0 Å². The number of carbonyl (C=O) groups is 2. The zero-order valence-electron chi connectivity index (χ0n) is 14.3. The first-order valence-electron chi connectivity index (χ1n) is 7.85. The van der Waals surface area contributed by atoms with Gasteiger partial charge in [0, 0.05) is 16.7 Å². The van der Waals surface area contributed by atoms with Crippen LogP contribution < -0.4 is 0 Å². The molecule has 0 aromatic heterocycles. The number of phenols is 1. The van der Waals surface area contributed by atoms with E-state index in [1.807, 2.05) is 12.1 Å². The predicted octanol–water partition coefficient (Wildman–Crippen LogP) is 4.79. The number of ketones is 2. The Morgan fingerprint density at radius 1 is 1.00 bits per heavy atom. The highest BCUT2D eigenvalue weighted by molar-refractivity contribution is 6.13. The summed E-state index contributed by atoms with van der Waals surface area (Å²) in [6, 6.07) is 11.9. The average Bonchev–Trinajstić information content (AvgIpc) is 2.54. The second-order valence-corrected chi connectivity index (χ2v) is 6.83. The van der Waals surface area contributed by atoms with E-state index in [4.69, 9.17) is 0 Å². The molecule has 1 N–H and O–H groups in total. The molecule has 124 valence electrons. The van der Waals surface area contributed by atoms with Crippen LogP contribution in [0.1, 0.15) is 59.0 Å². The summed E-state index contributed by atoms with van der Waals surface area (Å²) in [6.07, 6.45) is 1.27. The summed E-state index contributed by atoms with van der Waals surface area (Å²) >= 11 is 0.